The first kappa shape index (κ1) is 32.6. The second-order valence-electron chi connectivity index (χ2n) is 11.7. The maximum atomic E-state index is 6.80. The third-order valence-corrected chi connectivity index (χ3v) is 8.18. The van der Waals surface area contributed by atoms with Gasteiger partial charge >= 0.3 is 0 Å². The first-order valence-corrected chi connectivity index (χ1v) is 16.2. The SMILES string of the molecule is Cc1ccccc1O[C@@H]1O[C@H](COCc2ccccc2)[C@H](OCc2ccccc2)[C@H](OCc2ccccc2)[C@H]1OCc1ccccc1. The minimum absolute atomic E-state index is 0.276. The summed E-state index contributed by atoms with van der Waals surface area (Å²) in [6.07, 6.45) is -2.98. The molecule has 6 rings (SSSR count). The van der Waals surface area contributed by atoms with Crippen LogP contribution < -0.4 is 4.74 Å². The molecule has 0 saturated carbocycles. The molecule has 6 heteroatoms. The van der Waals surface area contributed by atoms with Gasteiger partial charge in [0.2, 0.25) is 6.29 Å². The van der Waals surface area contributed by atoms with E-state index in [4.69, 9.17) is 28.4 Å². The number of ether oxygens (including phenoxy) is 6. The van der Waals surface area contributed by atoms with Crippen LogP contribution in [0.4, 0.5) is 0 Å². The highest BCUT2D eigenvalue weighted by Crippen LogP contribution is 2.33. The summed E-state index contributed by atoms with van der Waals surface area (Å²) >= 11 is 0. The molecule has 0 unspecified atom stereocenters. The van der Waals surface area contributed by atoms with Crippen molar-refractivity contribution in [3.8, 4) is 5.75 Å². The highest BCUT2D eigenvalue weighted by molar-refractivity contribution is 5.32. The summed E-state index contributed by atoms with van der Waals surface area (Å²) in [5, 5.41) is 0. The molecule has 0 aromatic heterocycles. The molecule has 0 radical (unpaired) electrons. The number of para-hydroxylation sites is 1. The van der Waals surface area contributed by atoms with Crippen molar-refractivity contribution in [3.63, 3.8) is 0 Å². The predicted octanol–water partition coefficient (Wildman–Crippen LogP) is 8.07. The van der Waals surface area contributed by atoms with Crippen molar-refractivity contribution in [2.75, 3.05) is 6.61 Å². The highest BCUT2D eigenvalue weighted by atomic mass is 16.7. The molecule has 6 nitrogen and oxygen atoms in total. The molecule has 0 amide bonds. The summed E-state index contributed by atoms with van der Waals surface area (Å²) in [7, 11) is 0. The standard InChI is InChI=1S/C41H42O6/c1-31-16-14-15-25-36(31)46-41-40(45-29-35-23-12-5-13-24-35)39(44-28-34-21-10-4-11-22-34)38(43-27-33-19-8-3-9-20-33)37(47-41)30-42-26-32-17-6-2-7-18-32/h2-25,37-41H,26-30H2,1H3/t37-,38+,39+,40-,41-/m1/s1. The van der Waals surface area contributed by atoms with E-state index in [1.54, 1.807) is 0 Å². The zero-order valence-electron chi connectivity index (χ0n) is 26.7. The van der Waals surface area contributed by atoms with Crippen LogP contribution in [0.25, 0.3) is 0 Å². The molecule has 1 aliphatic rings. The van der Waals surface area contributed by atoms with Gasteiger partial charge in [-0.3, -0.25) is 0 Å². The second-order valence-corrected chi connectivity index (χ2v) is 11.7. The summed E-state index contributed by atoms with van der Waals surface area (Å²) < 4.78 is 39.9. The van der Waals surface area contributed by atoms with Gasteiger partial charge in [-0.25, -0.2) is 0 Å². The van der Waals surface area contributed by atoms with Gasteiger partial charge in [0.1, 0.15) is 30.2 Å². The average molecular weight is 631 g/mol. The Bertz CT molecular complexity index is 1600. The van der Waals surface area contributed by atoms with E-state index in [9.17, 15) is 0 Å². The lowest BCUT2D eigenvalue weighted by atomic mass is 9.97. The van der Waals surface area contributed by atoms with Crippen LogP contribution in [-0.2, 0) is 50.1 Å². The van der Waals surface area contributed by atoms with E-state index >= 15 is 0 Å². The number of benzene rings is 5. The number of hydrogen-bond acceptors (Lipinski definition) is 6. The van der Waals surface area contributed by atoms with Gasteiger partial charge in [0, 0.05) is 0 Å². The molecule has 1 fully saturated rings. The number of aryl methyl sites for hydroxylation is 1. The molecule has 1 aliphatic heterocycles. The third-order valence-electron chi connectivity index (χ3n) is 8.18. The second kappa shape index (κ2) is 17.0. The largest absolute Gasteiger partial charge is 0.462 e. The number of rotatable bonds is 15. The Kier molecular flexibility index (Phi) is 11.8. The van der Waals surface area contributed by atoms with Crippen molar-refractivity contribution in [2.45, 2.75) is 64.1 Å². The van der Waals surface area contributed by atoms with E-state index < -0.39 is 30.7 Å². The Balaban J connectivity index is 1.32. The van der Waals surface area contributed by atoms with E-state index in [-0.39, 0.29) is 6.61 Å². The van der Waals surface area contributed by atoms with Crippen molar-refractivity contribution in [1.29, 1.82) is 0 Å². The zero-order chi connectivity index (χ0) is 32.1. The molecule has 242 valence electrons. The lowest BCUT2D eigenvalue weighted by molar-refractivity contribution is -0.310. The van der Waals surface area contributed by atoms with Crippen molar-refractivity contribution in [1.82, 2.24) is 0 Å². The van der Waals surface area contributed by atoms with Gasteiger partial charge < -0.3 is 28.4 Å². The van der Waals surface area contributed by atoms with Gasteiger partial charge in [-0.05, 0) is 40.8 Å². The van der Waals surface area contributed by atoms with E-state index in [0.717, 1.165) is 33.6 Å². The minimum Gasteiger partial charge on any atom is -0.462 e. The first-order valence-electron chi connectivity index (χ1n) is 16.2. The van der Waals surface area contributed by atoms with Crippen LogP contribution in [0.2, 0.25) is 0 Å². The Morgan fingerprint density at radius 3 is 1.40 bits per heavy atom. The smallest absolute Gasteiger partial charge is 0.229 e. The van der Waals surface area contributed by atoms with E-state index in [0.29, 0.717) is 26.4 Å². The Hall–Kier alpha value is -4.30. The molecule has 0 N–H and O–H groups in total. The topological polar surface area (TPSA) is 55.4 Å². The maximum Gasteiger partial charge on any atom is 0.229 e. The maximum absolute atomic E-state index is 6.80. The van der Waals surface area contributed by atoms with Crippen molar-refractivity contribution >= 4 is 0 Å². The summed E-state index contributed by atoms with van der Waals surface area (Å²) in [4.78, 5) is 0. The average Bonchev–Trinajstić information content (AvgIpc) is 3.12. The van der Waals surface area contributed by atoms with Crippen LogP contribution in [0.5, 0.6) is 5.75 Å². The van der Waals surface area contributed by atoms with Gasteiger partial charge in [0.05, 0.1) is 33.0 Å². The third kappa shape index (κ3) is 9.38. The van der Waals surface area contributed by atoms with Crippen LogP contribution in [0.1, 0.15) is 27.8 Å². The van der Waals surface area contributed by atoms with Gasteiger partial charge in [-0.15, -0.1) is 0 Å². The van der Waals surface area contributed by atoms with Crippen LogP contribution in [-0.4, -0.2) is 37.3 Å². The van der Waals surface area contributed by atoms with Crippen molar-refractivity contribution < 1.29 is 28.4 Å². The Labute approximate surface area is 277 Å². The summed E-state index contributed by atoms with van der Waals surface area (Å²) in [6, 6.07) is 48.4. The molecule has 0 bridgehead atoms. The van der Waals surface area contributed by atoms with Gasteiger partial charge in [-0.2, -0.15) is 0 Å². The van der Waals surface area contributed by atoms with Gasteiger partial charge in [0.25, 0.3) is 0 Å². The van der Waals surface area contributed by atoms with Gasteiger partial charge in [0.15, 0.2) is 0 Å². The molecule has 5 atom stereocenters. The molecule has 5 aromatic rings. The molecule has 1 heterocycles. The quantitative estimate of drug-likeness (QED) is 0.117. The van der Waals surface area contributed by atoms with E-state index in [1.807, 2.05) is 116 Å². The molecule has 5 aromatic carbocycles. The highest BCUT2D eigenvalue weighted by Gasteiger charge is 2.50. The fraction of sp³-hybridized carbons (Fsp3) is 0.268. The summed E-state index contributed by atoms with van der Waals surface area (Å²) in [5.41, 5.74) is 5.23. The molecular formula is C41H42O6. The Morgan fingerprint density at radius 1 is 0.468 bits per heavy atom. The zero-order valence-corrected chi connectivity index (χ0v) is 26.7. The molecular weight excluding hydrogens is 588 g/mol. The van der Waals surface area contributed by atoms with Gasteiger partial charge in [-0.1, -0.05) is 140 Å². The minimum atomic E-state index is -0.789. The van der Waals surface area contributed by atoms with Crippen molar-refractivity contribution in [3.05, 3.63) is 173 Å². The van der Waals surface area contributed by atoms with Crippen LogP contribution >= 0.6 is 0 Å². The van der Waals surface area contributed by atoms with Crippen molar-refractivity contribution in [2.24, 2.45) is 0 Å². The Morgan fingerprint density at radius 2 is 0.894 bits per heavy atom. The summed E-state index contributed by atoms with van der Waals surface area (Å²) in [6.45, 7) is 3.85. The fourth-order valence-electron chi connectivity index (χ4n) is 5.66. The lowest BCUT2D eigenvalue weighted by Crippen LogP contribution is -2.62. The van der Waals surface area contributed by atoms with E-state index in [2.05, 4.69) is 36.4 Å². The number of hydrogen-bond donors (Lipinski definition) is 0. The molecule has 1 saturated heterocycles. The van der Waals surface area contributed by atoms with Crippen LogP contribution in [0.3, 0.4) is 0 Å². The van der Waals surface area contributed by atoms with Crippen LogP contribution in [0, 0.1) is 6.92 Å². The summed E-state index contributed by atoms with van der Waals surface area (Å²) in [5.74, 6) is 0.722. The predicted molar refractivity (Wildman–Crippen MR) is 182 cm³/mol. The molecule has 0 aliphatic carbocycles. The first-order chi connectivity index (χ1) is 23.2. The van der Waals surface area contributed by atoms with Crippen LogP contribution in [0.15, 0.2) is 146 Å². The normalized spacial score (nSPS) is 20.9. The molecule has 0 spiro atoms. The monoisotopic (exact) mass is 630 g/mol. The fourth-order valence-corrected chi connectivity index (χ4v) is 5.66. The lowest BCUT2D eigenvalue weighted by Gasteiger charge is -2.45. The molecule has 47 heavy (non-hydrogen) atoms. The van der Waals surface area contributed by atoms with E-state index in [1.165, 1.54) is 0 Å².